The normalized spacial score (nSPS) is 12.6. The minimum absolute atomic E-state index is 0.294. The molecule has 0 bridgehead atoms. The van der Waals surface area contributed by atoms with Gasteiger partial charge in [-0.2, -0.15) is 0 Å². The van der Waals surface area contributed by atoms with E-state index in [-0.39, 0.29) is 0 Å². The number of rotatable bonds is 5. The molecule has 1 unspecified atom stereocenters. The van der Waals surface area contributed by atoms with Crippen molar-refractivity contribution >= 4 is 11.5 Å². The lowest BCUT2D eigenvalue weighted by Crippen LogP contribution is -2.24. The summed E-state index contributed by atoms with van der Waals surface area (Å²) in [5, 5.41) is 7.16. The van der Waals surface area contributed by atoms with Crippen molar-refractivity contribution in [1.82, 2.24) is 14.9 Å². The van der Waals surface area contributed by atoms with E-state index >= 15 is 0 Å². The van der Waals surface area contributed by atoms with Gasteiger partial charge in [0.15, 0.2) is 0 Å². The first-order valence-electron chi connectivity index (χ1n) is 6.10. The molecule has 1 atom stereocenters. The van der Waals surface area contributed by atoms with Crippen molar-refractivity contribution in [2.45, 2.75) is 26.3 Å². The molecule has 0 aliphatic rings. The Morgan fingerprint density at radius 1 is 1.37 bits per heavy atom. The molecular formula is C13H15F2N3S. The van der Waals surface area contributed by atoms with Crippen LogP contribution >= 0.6 is 11.5 Å². The lowest BCUT2D eigenvalue weighted by Gasteiger charge is -2.18. The van der Waals surface area contributed by atoms with Crippen molar-refractivity contribution in [2.75, 3.05) is 6.54 Å². The molecule has 0 radical (unpaired) electrons. The maximum Gasteiger partial charge on any atom is 0.128 e. The summed E-state index contributed by atoms with van der Waals surface area (Å²) < 4.78 is 31.1. The van der Waals surface area contributed by atoms with Gasteiger partial charge < -0.3 is 5.32 Å². The predicted octanol–water partition coefficient (Wildman–Crippen LogP) is 3.21. The van der Waals surface area contributed by atoms with Gasteiger partial charge in [-0.15, -0.1) is 5.10 Å². The molecule has 0 amide bonds. The molecule has 0 aliphatic heterocycles. The van der Waals surface area contributed by atoms with Crippen LogP contribution in [0.4, 0.5) is 8.78 Å². The first-order valence-corrected chi connectivity index (χ1v) is 6.88. The highest BCUT2D eigenvalue weighted by molar-refractivity contribution is 7.05. The highest BCUT2D eigenvalue weighted by Crippen LogP contribution is 2.29. The number of benzene rings is 1. The molecule has 0 saturated carbocycles. The van der Waals surface area contributed by atoms with E-state index in [1.165, 1.54) is 17.6 Å². The lowest BCUT2D eigenvalue weighted by atomic mass is 10.0. The monoisotopic (exact) mass is 283 g/mol. The third kappa shape index (κ3) is 3.13. The van der Waals surface area contributed by atoms with Gasteiger partial charge in [-0.1, -0.05) is 11.4 Å². The van der Waals surface area contributed by atoms with E-state index < -0.39 is 17.7 Å². The molecule has 0 aliphatic carbocycles. The van der Waals surface area contributed by atoms with Crippen LogP contribution in [-0.2, 0) is 0 Å². The highest BCUT2D eigenvalue weighted by atomic mass is 32.1. The Kier molecular flexibility index (Phi) is 4.55. The third-order valence-electron chi connectivity index (χ3n) is 2.82. The zero-order valence-electron chi connectivity index (χ0n) is 10.8. The van der Waals surface area contributed by atoms with Gasteiger partial charge in [-0.05, 0) is 49.6 Å². The smallest absolute Gasteiger partial charge is 0.128 e. The van der Waals surface area contributed by atoms with E-state index in [1.807, 2.05) is 13.8 Å². The van der Waals surface area contributed by atoms with Crippen LogP contribution in [0.5, 0.6) is 0 Å². The number of hydrogen-bond acceptors (Lipinski definition) is 4. The fourth-order valence-corrected chi connectivity index (χ4v) is 2.61. The number of aromatic nitrogens is 2. The molecule has 6 heteroatoms. The van der Waals surface area contributed by atoms with Gasteiger partial charge in [0.05, 0.1) is 16.6 Å². The van der Waals surface area contributed by atoms with E-state index in [1.54, 1.807) is 0 Å². The Morgan fingerprint density at radius 2 is 2.16 bits per heavy atom. The Balaban J connectivity index is 2.42. The van der Waals surface area contributed by atoms with Crippen LogP contribution in [0.15, 0.2) is 18.2 Å². The van der Waals surface area contributed by atoms with Crippen LogP contribution in [-0.4, -0.2) is 16.1 Å². The Morgan fingerprint density at radius 3 is 2.79 bits per heavy atom. The van der Waals surface area contributed by atoms with Crippen LogP contribution < -0.4 is 5.32 Å². The van der Waals surface area contributed by atoms with Crippen LogP contribution in [0.2, 0.25) is 0 Å². The van der Waals surface area contributed by atoms with Crippen molar-refractivity contribution in [2.24, 2.45) is 0 Å². The van der Waals surface area contributed by atoms with E-state index in [0.717, 1.165) is 29.1 Å². The van der Waals surface area contributed by atoms with Crippen molar-refractivity contribution < 1.29 is 8.78 Å². The molecular weight excluding hydrogens is 268 g/mol. The Labute approximate surface area is 114 Å². The van der Waals surface area contributed by atoms with Gasteiger partial charge in [-0.25, -0.2) is 8.78 Å². The van der Waals surface area contributed by atoms with Crippen molar-refractivity contribution in [3.63, 3.8) is 0 Å². The number of nitrogens with one attached hydrogen (secondary N) is 1. The van der Waals surface area contributed by atoms with Gasteiger partial charge >= 0.3 is 0 Å². The molecule has 3 nitrogen and oxygen atoms in total. The zero-order valence-corrected chi connectivity index (χ0v) is 11.6. The summed E-state index contributed by atoms with van der Waals surface area (Å²) >= 11 is 1.20. The van der Waals surface area contributed by atoms with Crippen LogP contribution in [0.3, 0.4) is 0 Å². The zero-order chi connectivity index (χ0) is 13.8. The summed E-state index contributed by atoms with van der Waals surface area (Å²) in [5.74, 6) is -0.877. The topological polar surface area (TPSA) is 37.8 Å². The summed E-state index contributed by atoms with van der Waals surface area (Å²) in [4.78, 5) is 0.818. The standard InChI is InChI=1S/C13H15F2N3S/c1-3-6-16-12(13-8(2)17-18-19-13)10-7-9(14)4-5-11(10)15/h4-5,7,12,16H,3,6H2,1-2H3. The summed E-state index contributed by atoms with van der Waals surface area (Å²) in [6.07, 6.45) is 0.902. The minimum atomic E-state index is -0.449. The Hall–Kier alpha value is -1.40. The molecule has 102 valence electrons. The molecule has 2 aromatic rings. The van der Waals surface area contributed by atoms with E-state index in [0.29, 0.717) is 12.1 Å². The molecule has 0 spiro atoms. The third-order valence-corrected chi connectivity index (χ3v) is 3.71. The largest absolute Gasteiger partial charge is 0.305 e. The molecule has 1 aromatic carbocycles. The molecule has 1 N–H and O–H groups in total. The van der Waals surface area contributed by atoms with E-state index in [9.17, 15) is 8.78 Å². The van der Waals surface area contributed by atoms with Gasteiger partial charge in [0.2, 0.25) is 0 Å². The molecule has 1 heterocycles. The minimum Gasteiger partial charge on any atom is -0.305 e. The first-order chi connectivity index (χ1) is 9.13. The predicted molar refractivity (Wildman–Crippen MR) is 71.1 cm³/mol. The summed E-state index contributed by atoms with van der Waals surface area (Å²) in [5.41, 5.74) is 1.03. The van der Waals surface area contributed by atoms with Crippen molar-refractivity contribution in [3.8, 4) is 0 Å². The number of aryl methyl sites for hydroxylation is 1. The fraction of sp³-hybridized carbons (Fsp3) is 0.385. The number of nitrogens with zero attached hydrogens (tertiary/aromatic N) is 2. The maximum absolute atomic E-state index is 13.9. The summed E-state index contributed by atoms with van der Waals surface area (Å²) in [7, 11) is 0. The highest BCUT2D eigenvalue weighted by Gasteiger charge is 2.22. The SMILES string of the molecule is CCCNC(c1cc(F)ccc1F)c1snnc1C. The molecule has 0 fully saturated rings. The van der Waals surface area contributed by atoms with Gasteiger partial charge in [0.25, 0.3) is 0 Å². The van der Waals surface area contributed by atoms with Crippen LogP contribution in [0.25, 0.3) is 0 Å². The summed E-state index contributed by atoms with van der Waals surface area (Å²) in [6.45, 7) is 4.54. The van der Waals surface area contributed by atoms with Gasteiger partial charge in [-0.3, -0.25) is 0 Å². The number of hydrogen-bond donors (Lipinski definition) is 1. The average Bonchev–Trinajstić information content (AvgIpc) is 2.80. The fourth-order valence-electron chi connectivity index (χ4n) is 1.87. The quantitative estimate of drug-likeness (QED) is 0.915. The second kappa shape index (κ2) is 6.16. The number of halogens is 2. The molecule has 19 heavy (non-hydrogen) atoms. The van der Waals surface area contributed by atoms with Crippen LogP contribution in [0, 0.1) is 18.6 Å². The van der Waals surface area contributed by atoms with Crippen molar-refractivity contribution in [1.29, 1.82) is 0 Å². The van der Waals surface area contributed by atoms with Gasteiger partial charge in [0, 0.05) is 5.56 Å². The van der Waals surface area contributed by atoms with Gasteiger partial charge in [0.1, 0.15) is 11.6 Å². The van der Waals surface area contributed by atoms with E-state index in [2.05, 4.69) is 14.9 Å². The average molecular weight is 283 g/mol. The Bertz CT molecular complexity index is 557. The van der Waals surface area contributed by atoms with Crippen molar-refractivity contribution in [3.05, 3.63) is 46.0 Å². The summed E-state index contributed by atoms with van der Waals surface area (Å²) in [6, 6.07) is 3.08. The first kappa shape index (κ1) is 14.0. The molecule has 2 rings (SSSR count). The van der Waals surface area contributed by atoms with Crippen LogP contribution in [0.1, 0.15) is 35.5 Å². The second-order valence-corrected chi connectivity index (χ2v) is 5.06. The molecule has 1 aromatic heterocycles. The lowest BCUT2D eigenvalue weighted by molar-refractivity contribution is 0.537. The second-order valence-electron chi connectivity index (χ2n) is 4.28. The van der Waals surface area contributed by atoms with E-state index in [4.69, 9.17) is 0 Å². The molecule has 0 saturated heterocycles. The maximum atomic E-state index is 13.9.